The van der Waals surface area contributed by atoms with Crippen molar-refractivity contribution in [2.24, 2.45) is 0 Å². The van der Waals surface area contributed by atoms with E-state index < -0.39 is 21.8 Å². The number of fused-ring (bicyclic) bond motifs is 1. The highest BCUT2D eigenvalue weighted by atomic mass is 32.2. The van der Waals surface area contributed by atoms with Crippen LogP contribution in [0.4, 0.5) is 18.3 Å². The third-order valence-corrected chi connectivity index (χ3v) is 7.62. The van der Waals surface area contributed by atoms with Crippen molar-refractivity contribution in [2.45, 2.75) is 11.1 Å². The number of para-hydroxylation sites is 1. The third kappa shape index (κ3) is 3.59. The molecule has 0 saturated carbocycles. The summed E-state index contributed by atoms with van der Waals surface area (Å²) in [4.78, 5) is 6.48. The van der Waals surface area contributed by atoms with E-state index >= 15 is 0 Å². The molecular weight excluding hydrogens is 411 g/mol. The summed E-state index contributed by atoms with van der Waals surface area (Å²) in [7, 11) is -3.83. The number of alkyl halides is 3. The van der Waals surface area contributed by atoms with Crippen molar-refractivity contribution in [1.82, 2.24) is 9.29 Å². The van der Waals surface area contributed by atoms with Crippen LogP contribution < -0.4 is 4.90 Å². The molecule has 0 spiro atoms. The van der Waals surface area contributed by atoms with Crippen LogP contribution in [0.15, 0.2) is 53.4 Å². The molecule has 10 heteroatoms. The van der Waals surface area contributed by atoms with Crippen LogP contribution in [0.2, 0.25) is 0 Å². The fraction of sp³-hybridized carbons (Fsp3) is 0.278. The number of halogens is 3. The van der Waals surface area contributed by atoms with Gasteiger partial charge in [-0.1, -0.05) is 23.5 Å². The van der Waals surface area contributed by atoms with Crippen molar-refractivity contribution >= 4 is 36.7 Å². The van der Waals surface area contributed by atoms with E-state index in [-0.39, 0.29) is 18.0 Å². The summed E-state index contributed by atoms with van der Waals surface area (Å²) in [6.45, 7) is 1.44. The lowest BCUT2D eigenvalue weighted by molar-refractivity contribution is -0.137. The first-order valence-electron chi connectivity index (χ1n) is 8.53. The van der Waals surface area contributed by atoms with E-state index in [9.17, 15) is 21.6 Å². The van der Waals surface area contributed by atoms with Gasteiger partial charge < -0.3 is 4.90 Å². The van der Waals surface area contributed by atoms with Gasteiger partial charge in [-0.15, -0.1) is 0 Å². The standard InChI is InChI=1S/C18H16F3N3O2S2/c19-18(20,21)13-5-7-14(8-6-13)28(25,26)24-11-9-23(10-12-24)17-22-15-3-1-2-4-16(15)27-17/h1-8H,9-12H2. The Bertz CT molecular complexity index is 1050. The van der Waals surface area contributed by atoms with Crippen LogP contribution in [-0.4, -0.2) is 43.9 Å². The number of rotatable bonds is 3. The highest BCUT2D eigenvalue weighted by Crippen LogP contribution is 2.31. The lowest BCUT2D eigenvalue weighted by Crippen LogP contribution is -2.48. The molecule has 4 rings (SSSR count). The second kappa shape index (κ2) is 7.02. The van der Waals surface area contributed by atoms with Gasteiger partial charge in [0.15, 0.2) is 5.13 Å². The van der Waals surface area contributed by atoms with Crippen LogP contribution in [-0.2, 0) is 16.2 Å². The summed E-state index contributed by atoms with van der Waals surface area (Å²) in [5.41, 5.74) is 0.0365. The van der Waals surface area contributed by atoms with Crippen molar-refractivity contribution in [2.75, 3.05) is 31.1 Å². The summed E-state index contributed by atoms with van der Waals surface area (Å²) in [6, 6.07) is 11.4. The zero-order chi connectivity index (χ0) is 19.9. The first kappa shape index (κ1) is 19.2. The second-order valence-corrected chi connectivity index (χ2v) is 9.32. The monoisotopic (exact) mass is 427 g/mol. The van der Waals surface area contributed by atoms with Gasteiger partial charge in [-0.25, -0.2) is 13.4 Å². The Hall–Kier alpha value is -2.17. The fourth-order valence-corrected chi connectivity index (χ4v) is 5.52. The van der Waals surface area contributed by atoms with Gasteiger partial charge in [-0.05, 0) is 36.4 Å². The predicted molar refractivity (Wildman–Crippen MR) is 102 cm³/mol. The van der Waals surface area contributed by atoms with Crippen molar-refractivity contribution in [1.29, 1.82) is 0 Å². The number of hydrogen-bond donors (Lipinski definition) is 0. The Morgan fingerprint density at radius 3 is 2.18 bits per heavy atom. The Morgan fingerprint density at radius 2 is 1.57 bits per heavy atom. The summed E-state index contributed by atoms with van der Waals surface area (Å²) < 4.78 is 65.9. The van der Waals surface area contributed by atoms with Crippen LogP contribution in [0, 0.1) is 0 Å². The Morgan fingerprint density at radius 1 is 0.929 bits per heavy atom. The van der Waals surface area contributed by atoms with Gasteiger partial charge in [0, 0.05) is 26.2 Å². The minimum atomic E-state index is -4.49. The molecule has 28 heavy (non-hydrogen) atoms. The maximum absolute atomic E-state index is 12.7. The number of aromatic nitrogens is 1. The molecule has 0 aliphatic carbocycles. The first-order valence-corrected chi connectivity index (χ1v) is 10.8. The van der Waals surface area contributed by atoms with E-state index in [1.165, 1.54) is 4.31 Å². The number of benzene rings is 2. The molecule has 2 aromatic carbocycles. The molecule has 2 heterocycles. The zero-order valence-electron chi connectivity index (χ0n) is 14.6. The van der Waals surface area contributed by atoms with Crippen LogP contribution in [0.1, 0.15) is 5.56 Å². The summed E-state index contributed by atoms with van der Waals surface area (Å²) >= 11 is 1.55. The highest BCUT2D eigenvalue weighted by Gasteiger charge is 2.33. The summed E-state index contributed by atoms with van der Waals surface area (Å²) in [6.07, 6.45) is -4.49. The zero-order valence-corrected chi connectivity index (χ0v) is 16.2. The van der Waals surface area contributed by atoms with E-state index in [4.69, 9.17) is 0 Å². The fourth-order valence-electron chi connectivity index (χ4n) is 3.08. The van der Waals surface area contributed by atoms with E-state index in [1.807, 2.05) is 29.2 Å². The SMILES string of the molecule is O=S(=O)(c1ccc(C(F)(F)F)cc1)N1CCN(c2nc3ccccc3s2)CC1. The smallest absolute Gasteiger partial charge is 0.345 e. The largest absolute Gasteiger partial charge is 0.416 e. The second-order valence-electron chi connectivity index (χ2n) is 6.38. The molecule has 1 aliphatic rings. The Balaban J connectivity index is 1.47. The maximum Gasteiger partial charge on any atom is 0.416 e. The van der Waals surface area contributed by atoms with Gasteiger partial charge in [0.2, 0.25) is 10.0 Å². The molecule has 0 atom stereocenters. The lowest BCUT2D eigenvalue weighted by atomic mass is 10.2. The van der Waals surface area contributed by atoms with Gasteiger partial charge in [-0.2, -0.15) is 17.5 Å². The van der Waals surface area contributed by atoms with Crippen LogP contribution in [0.3, 0.4) is 0 Å². The van der Waals surface area contributed by atoms with E-state index in [1.54, 1.807) is 11.3 Å². The molecule has 1 aliphatic heterocycles. The number of nitrogens with zero attached hydrogens (tertiary/aromatic N) is 3. The number of hydrogen-bond acceptors (Lipinski definition) is 5. The van der Waals surface area contributed by atoms with Crippen molar-refractivity contribution in [3.8, 4) is 0 Å². The topological polar surface area (TPSA) is 53.5 Å². The number of piperazine rings is 1. The maximum atomic E-state index is 12.7. The number of sulfonamides is 1. The molecule has 3 aromatic rings. The molecule has 0 amide bonds. The minimum absolute atomic E-state index is 0.131. The number of anilines is 1. The highest BCUT2D eigenvalue weighted by molar-refractivity contribution is 7.89. The molecule has 148 valence electrons. The van der Waals surface area contributed by atoms with E-state index in [0.717, 1.165) is 39.6 Å². The quantitative estimate of drug-likeness (QED) is 0.638. The Labute approximate surface area is 164 Å². The molecule has 1 saturated heterocycles. The normalized spacial score (nSPS) is 16.6. The van der Waals surface area contributed by atoms with E-state index in [2.05, 4.69) is 4.98 Å². The van der Waals surface area contributed by atoms with Gasteiger partial charge in [0.05, 0.1) is 20.7 Å². The van der Waals surface area contributed by atoms with Crippen LogP contribution in [0.5, 0.6) is 0 Å². The van der Waals surface area contributed by atoms with Gasteiger partial charge in [-0.3, -0.25) is 0 Å². The lowest BCUT2D eigenvalue weighted by Gasteiger charge is -2.33. The average molecular weight is 427 g/mol. The van der Waals surface area contributed by atoms with Crippen molar-refractivity contribution < 1.29 is 21.6 Å². The molecule has 0 radical (unpaired) electrons. The predicted octanol–water partition coefficient (Wildman–Crippen LogP) is 3.83. The van der Waals surface area contributed by atoms with Crippen LogP contribution in [0.25, 0.3) is 10.2 Å². The molecule has 0 unspecified atom stereocenters. The average Bonchev–Trinajstić information content (AvgIpc) is 3.12. The van der Waals surface area contributed by atoms with Gasteiger partial charge >= 0.3 is 6.18 Å². The summed E-state index contributed by atoms with van der Waals surface area (Å²) in [5, 5.41) is 0.841. The van der Waals surface area contributed by atoms with Gasteiger partial charge in [0.1, 0.15) is 0 Å². The third-order valence-electron chi connectivity index (χ3n) is 4.61. The van der Waals surface area contributed by atoms with Crippen molar-refractivity contribution in [3.05, 3.63) is 54.1 Å². The van der Waals surface area contributed by atoms with Crippen LogP contribution >= 0.6 is 11.3 Å². The van der Waals surface area contributed by atoms with E-state index in [0.29, 0.717) is 13.1 Å². The molecular formula is C18H16F3N3O2S2. The molecule has 1 fully saturated rings. The molecule has 1 aromatic heterocycles. The number of thiazole rings is 1. The van der Waals surface area contributed by atoms with Crippen molar-refractivity contribution in [3.63, 3.8) is 0 Å². The molecule has 0 N–H and O–H groups in total. The Kier molecular flexibility index (Phi) is 4.80. The molecule has 0 bridgehead atoms. The molecule has 5 nitrogen and oxygen atoms in total. The summed E-state index contributed by atoms with van der Waals surface area (Å²) in [5.74, 6) is 0. The first-order chi connectivity index (χ1) is 13.2. The van der Waals surface area contributed by atoms with Gasteiger partial charge in [0.25, 0.3) is 0 Å². The minimum Gasteiger partial charge on any atom is -0.345 e.